The second-order valence-electron chi connectivity index (χ2n) is 8.86. The molecule has 1 saturated heterocycles. The summed E-state index contributed by atoms with van der Waals surface area (Å²) in [5, 5.41) is 0. The highest BCUT2D eigenvalue weighted by Gasteiger charge is 2.30. The van der Waals surface area contributed by atoms with E-state index in [1.807, 2.05) is 29.2 Å². The number of aryl methyl sites for hydroxylation is 1. The number of nitrogens with zero attached hydrogens (tertiary/aromatic N) is 2. The number of carbonyl (C=O) groups excluding carboxylic acids is 1. The quantitative estimate of drug-likeness (QED) is 0.417. The van der Waals surface area contributed by atoms with E-state index in [0.717, 1.165) is 61.6 Å². The van der Waals surface area contributed by atoms with Crippen molar-refractivity contribution in [2.45, 2.75) is 38.8 Å². The molecule has 1 fully saturated rings. The second kappa shape index (κ2) is 11.4. The number of amides is 1. The predicted molar refractivity (Wildman–Crippen MR) is 137 cm³/mol. The maximum Gasteiger partial charge on any atom is 0.258 e. The molecule has 0 spiro atoms. The van der Waals surface area contributed by atoms with Crippen molar-refractivity contribution >= 4 is 11.6 Å². The third-order valence-corrected chi connectivity index (χ3v) is 6.73. The summed E-state index contributed by atoms with van der Waals surface area (Å²) in [5.74, 6) is 1.05. The number of ether oxygens (including phenoxy) is 2. The Hall–Kier alpha value is -3.38. The van der Waals surface area contributed by atoms with Gasteiger partial charge in [0.05, 0.1) is 14.2 Å². The van der Waals surface area contributed by atoms with E-state index in [2.05, 4.69) is 30.0 Å². The average Bonchev–Trinajstić information content (AvgIpc) is 2.90. The monoisotopic (exact) mass is 476 g/mol. The van der Waals surface area contributed by atoms with Gasteiger partial charge in [-0.2, -0.15) is 0 Å². The third kappa shape index (κ3) is 5.65. The van der Waals surface area contributed by atoms with Crippen molar-refractivity contribution in [1.29, 1.82) is 0 Å². The van der Waals surface area contributed by atoms with Crippen LogP contribution in [-0.4, -0.2) is 44.2 Å². The molecule has 35 heavy (non-hydrogen) atoms. The first-order valence-electron chi connectivity index (χ1n) is 12.1. The summed E-state index contributed by atoms with van der Waals surface area (Å²) in [6, 6.07) is 20.0. The van der Waals surface area contributed by atoms with E-state index in [1.165, 1.54) is 17.7 Å². The lowest BCUT2D eigenvalue weighted by molar-refractivity contribution is 0.0958. The maximum atomic E-state index is 13.6. The van der Waals surface area contributed by atoms with Gasteiger partial charge in [0.2, 0.25) is 0 Å². The highest BCUT2D eigenvalue weighted by Crippen LogP contribution is 2.33. The molecule has 4 rings (SSSR count). The van der Waals surface area contributed by atoms with Crippen LogP contribution in [0.3, 0.4) is 0 Å². The minimum absolute atomic E-state index is 0.0588. The van der Waals surface area contributed by atoms with Crippen molar-refractivity contribution in [3.05, 3.63) is 89.2 Å². The number of anilines is 1. The Bertz CT molecular complexity index is 1120. The molecule has 0 bridgehead atoms. The van der Waals surface area contributed by atoms with Gasteiger partial charge in [-0.3, -0.25) is 9.69 Å². The fourth-order valence-corrected chi connectivity index (χ4v) is 4.77. The summed E-state index contributed by atoms with van der Waals surface area (Å²) < 4.78 is 24.5. The Morgan fingerprint density at radius 1 is 0.971 bits per heavy atom. The van der Waals surface area contributed by atoms with E-state index in [-0.39, 0.29) is 17.8 Å². The Balaban J connectivity index is 1.52. The highest BCUT2D eigenvalue weighted by molar-refractivity contribution is 6.06. The van der Waals surface area contributed by atoms with Gasteiger partial charge in [0, 0.05) is 42.5 Å². The maximum absolute atomic E-state index is 13.6. The Labute approximate surface area is 207 Å². The number of halogens is 1. The zero-order valence-corrected chi connectivity index (χ0v) is 20.7. The first kappa shape index (κ1) is 24.7. The van der Waals surface area contributed by atoms with E-state index in [4.69, 9.17) is 9.47 Å². The summed E-state index contributed by atoms with van der Waals surface area (Å²) >= 11 is 0. The number of carbonyl (C=O) groups is 1. The topological polar surface area (TPSA) is 42.0 Å². The highest BCUT2D eigenvalue weighted by atomic mass is 19.1. The Morgan fingerprint density at radius 3 is 2.26 bits per heavy atom. The fourth-order valence-electron chi connectivity index (χ4n) is 4.77. The molecule has 0 aromatic heterocycles. The largest absolute Gasteiger partial charge is 0.493 e. The van der Waals surface area contributed by atoms with Crippen molar-refractivity contribution in [1.82, 2.24) is 4.90 Å². The smallest absolute Gasteiger partial charge is 0.258 e. The number of benzene rings is 3. The van der Waals surface area contributed by atoms with E-state index in [0.29, 0.717) is 5.56 Å². The lowest BCUT2D eigenvalue weighted by Crippen LogP contribution is -2.47. The van der Waals surface area contributed by atoms with Gasteiger partial charge in [-0.1, -0.05) is 31.2 Å². The van der Waals surface area contributed by atoms with Gasteiger partial charge in [0.15, 0.2) is 11.5 Å². The molecular weight excluding hydrogens is 443 g/mol. The summed E-state index contributed by atoms with van der Waals surface area (Å²) in [6.45, 7) is 4.57. The van der Waals surface area contributed by atoms with Crippen LogP contribution in [0.4, 0.5) is 10.1 Å². The van der Waals surface area contributed by atoms with Gasteiger partial charge in [0.25, 0.3) is 5.91 Å². The summed E-state index contributed by atoms with van der Waals surface area (Å²) in [6.07, 6.45) is 2.63. The zero-order valence-electron chi connectivity index (χ0n) is 20.7. The number of hydrogen-bond acceptors (Lipinski definition) is 4. The molecule has 0 aliphatic carbocycles. The van der Waals surface area contributed by atoms with Crippen LogP contribution in [0.25, 0.3) is 0 Å². The van der Waals surface area contributed by atoms with Crippen molar-refractivity contribution in [2.75, 3.05) is 32.2 Å². The molecule has 0 saturated carbocycles. The SMILES string of the molecule is CCc1ccc(N(C(=O)c2ccc(F)cc2)C2CCN(Cc3cccc(OC)c3OC)CC2)cc1. The number of piperidine rings is 1. The van der Waals surface area contributed by atoms with Crippen LogP contribution in [0.15, 0.2) is 66.7 Å². The molecule has 0 atom stereocenters. The molecule has 5 nitrogen and oxygen atoms in total. The van der Waals surface area contributed by atoms with Crippen LogP contribution >= 0.6 is 0 Å². The second-order valence-corrected chi connectivity index (χ2v) is 8.86. The molecule has 184 valence electrons. The number of methoxy groups -OCH3 is 2. The minimum atomic E-state index is -0.346. The van der Waals surface area contributed by atoms with Crippen molar-refractivity contribution in [3.8, 4) is 11.5 Å². The molecule has 6 heteroatoms. The molecule has 0 N–H and O–H groups in total. The standard InChI is InChI=1S/C29H33FN2O3/c1-4-21-8-14-25(15-9-21)32(29(33)22-10-12-24(30)13-11-22)26-16-18-31(19-17-26)20-23-6-5-7-27(34-2)28(23)35-3/h5-15,26H,4,16-20H2,1-3H3. The number of likely N-dealkylation sites (tertiary alicyclic amines) is 1. The molecule has 0 radical (unpaired) electrons. The molecule has 1 heterocycles. The minimum Gasteiger partial charge on any atom is -0.493 e. The summed E-state index contributed by atoms with van der Waals surface area (Å²) in [5.41, 5.74) is 3.68. The molecule has 1 amide bonds. The van der Waals surface area contributed by atoms with Gasteiger partial charge < -0.3 is 14.4 Å². The van der Waals surface area contributed by atoms with Crippen molar-refractivity contribution in [3.63, 3.8) is 0 Å². The Morgan fingerprint density at radius 2 is 1.66 bits per heavy atom. The molecule has 3 aromatic rings. The van der Waals surface area contributed by atoms with E-state index in [1.54, 1.807) is 26.4 Å². The van der Waals surface area contributed by atoms with Crippen LogP contribution in [0.1, 0.15) is 41.3 Å². The molecule has 1 aliphatic heterocycles. The first-order valence-corrected chi connectivity index (χ1v) is 12.1. The van der Waals surface area contributed by atoms with Gasteiger partial charge in [-0.25, -0.2) is 4.39 Å². The lowest BCUT2D eigenvalue weighted by Gasteiger charge is -2.39. The van der Waals surface area contributed by atoms with Crippen LogP contribution < -0.4 is 14.4 Å². The molecule has 3 aromatic carbocycles. The van der Waals surface area contributed by atoms with Gasteiger partial charge in [0.1, 0.15) is 5.82 Å². The van der Waals surface area contributed by atoms with Crippen molar-refractivity contribution in [2.24, 2.45) is 0 Å². The number of rotatable bonds is 8. The third-order valence-electron chi connectivity index (χ3n) is 6.73. The van der Waals surface area contributed by atoms with E-state index < -0.39 is 0 Å². The van der Waals surface area contributed by atoms with Crippen LogP contribution in [0, 0.1) is 5.82 Å². The summed E-state index contributed by atoms with van der Waals surface area (Å²) in [4.78, 5) is 17.9. The molecule has 1 aliphatic rings. The van der Waals surface area contributed by atoms with Gasteiger partial charge in [-0.15, -0.1) is 0 Å². The van der Waals surface area contributed by atoms with Crippen LogP contribution in [-0.2, 0) is 13.0 Å². The number of para-hydroxylation sites is 1. The molecule has 0 unspecified atom stereocenters. The average molecular weight is 477 g/mol. The predicted octanol–water partition coefficient (Wildman–Crippen LogP) is 5.72. The molecular formula is C29H33FN2O3. The van der Waals surface area contributed by atoms with Crippen LogP contribution in [0.2, 0.25) is 0 Å². The van der Waals surface area contributed by atoms with E-state index >= 15 is 0 Å². The van der Waals surface area contributed by atoms with Crippen LogP contribution in [0.5, 0.6) is 11.5 Å². The van der Waals surface area contributed by atoms with Gasteiger partial charge in [-0.05, 0) is 67.3 Å². The fraction of sp³-hybridized carbons (Fsp3) is 0.345. The first-order chi connectivity index (χ1) is 17.0. The normalized spacial score (nSPS) is 14.5. The summed E-state index contributed by atoms with van der Waals surface area (Å²) in [7, 11) is 3.31. The van der Waals surface area contributed by atoms with Crippen molar-refractivity contribution < 1.29 is 18.7 Å². The number of hydrogen-bond donors (Lipinski definition) is 0. The zero-order chi connectivity index (χ0) is 24.8. The van der Waals surface area contributed by atoms with E-state index in [9.17, 15) is 9.18 Å². The lowest BCUT2D eigenvalue weighted by atomic mass is 9.99. The van der Waals surface area contributed by atoms with Gasteiger partial charge >= 0.3 is 0 Å². The Kier molecular flexibility index (Phi) is 8.03.